The first-order valence-electron chi connectivity index (χ1n) is 10.3. The second kappa shape index (κ2) is 10.9. The lowest BCUT2D eigenvalue weighted by molar-refractivity contribution is 0.398. The summed E-state index contributed by atoms with van der Waals surface area (Å²) in [4.78, 5) is 13.8. The molecule has 3 N–H and O–H groups in total. The summed E-state index contributed by atoms with van der Waals surface area (Å²) in [6, 6.07) is 6.05. The van der Waals surface area contributed by atoms with E-state index in [1.54, 1.807) is 25.6 Å². The molecular weight excluding hydrogens is 398 g/mol. The Bertz CT molecular complexity index is 979. The molecule has 0 aliphatic rings. The van der Waals surface area contributed by atoms with Crippen LogP contribution in [0.2, 0.25) is 0 Å². The predicted octanol–water partition coefficient (Wildman–Crippen LogP) is 3.68. The average Bonchev–Trinajstić information content (AvgIpc) is 3.35. The molecule has 0 amide bonds. The van der Waals surface area contributed by atoms with Crippen molar-refractivity contribution in [2.75, 3.05) is 33.9 Å². The molecule has 30 heavy (non-hydrogen) atoms. The van der Waals surface area contributed by atoms with Crippen molar-refractivity contribution in [3.05, 3.63) is 40.0 Å². The summed E-state index contributed by atoms with van der Waals surface area (Å²) in [6.07, 6.45) is 4.70. The van der Waals surface area contributed by atoms with E-state index in [-0.39, 0.29) is 0 Å². The monoisotopic (exact) mass is 429 g/mol. The van der Waals surface area contributed by atoms with Gasteiger partial charge in [-0.2, -0.15) is 0 Å². The summed E-state index contributed by atoms with van der Waals surface area (Å²) in [5.41, 5.74) is 2.20. The van der Waals surface area contributed by atoms with Gasteiger partial charge in [0.05, 0.1) is 24.7 Å². The van der Waals surface area contributed by atoms with E-state index in [1.807, 2.05) is 18.3 Å². The van der Waals surface area contributed by atoms with E-state index in [0.717, 1.165) is 72.3 Å². The van der Waals surface area contributed by atoms with Gasteiger partial charge in [0.1, 0.15) is 11.5 Å². The van der Waals surface area contributed by atoms with Crippen molar-refractivity contribution in [2.45, 2.75) is 33.1 Å². The van der Waals surface area contributed by atoms with Crippen molar-refractivity contribution in [1.82, 2.24) is 20.6 Å². The number of guanidine groups is 1. The zero-order valence-corrected chi connectivity index (χ0v) is 19.0. The van der Waals surface area contributed by atoms with Crippen LogP contribution in [0.25, 0.3) is 10.9 Å². The number of methoxy groups -OCH3 is 2. The van der Waals surface area contributed by atoms with Crippen LogP contribution in [0, 0.1) is 6.92 Å². The largest absolute Gasteiger partial charge is 0.497 e. The molecule has 0 aliphatic heterocycles. The highest BCUT2D eigenvalue weighted by molar-refractivity contribution is 7.11. The van der Waals surface area contributed by atoms with Gasteiger partial charge in [0.25, 0.3) is 0 Å². The smallest absolute Gasteiger partial charge is 0.191 e. The van der Waals surface area contributed by atoms with Crippen LogP contribution >= 0.6 is 11.3 Å². The number of hydrogen-bond donors (Lipinski definition) is 3. The Labute approximate surface area is 181 Å². The molecule has 3 rings (SSSR count). The molecule has 162 valence electrons. The summed E-state index contributed by atoms with van der Waals surface area (Å²) in [5.74, 6) is 2.46. The highest BCUT2D eigenvalue weighted by atomic mass is 32.1. The van der Waals surface area contributed by atoms with Crippen LogP contribution in [-0.4, -0.2) is 49.8 Å². The minimum Gasteiger partial charge on any atom is -0.497 e. The quantitative estimate of drug-likeness (QED) is 0.260. The molecular formula is C22H31N5O2S. The second-order valence-corrected chi connectivity index (χ2v) is 8.31. The summed E-state index contributed by atoms with van der Waals surface area (Å²) >= 11 is 1.75. The number of fused-ring (bicyclic) bond motifs is 1. The van der Waals surface area contributed by atoms with Gasteiger partial charge in [0.2, 0.25) is 0 Å². The maximum atomic E-state index is 5.50. The Morgan fingerprint density at radius 1 is 1.17 bits per heavy atom. The van der Waals surface area contributed by atoms with E-state index >= 15 is 0 Å². The Morgan fingerprint density at radius 3 is 2.73 bits per heavy atom. The number of thiazole rings is 1. The molecule has 0 radical (unpaired) electrons. The van der Waals surface area contributed by atoms with Gasteiger partial charge in [0, 0.05) is 60.3 Å². The molecule has 3 aromatic rings. The summed E-state index contributed by atoms with van der Waals surface area (Å²) in [7, 11) is 3.34. The van der Waals surface area contributed by atoms with Crippen molar-refractivity contribution in [3.63, 3.8) is 0 Å². The van der Waals surface area contributed by atoms with Crippen LogP contribution in [0.4, 0.5) is 0 Å². The number of aromatic amines is 1. The number of ether oxygens (including phenoxy) is 2. The van der Waals surface area contributed by atoms with Gasteiger partial charge in [-0.3, -0.25) is 4.99 Å². The third-order valence-electron chi connectivity index (χ3n) is 4.70. The number of H-pyrrole nitrogens is 1. The fraction of sp³-hybridized carbons (Fsp3) is 0.455. The first-order chi connectivity index (χ1) is 14.6. The third-order valence-corrected chi connectivity index (χ3v) is 5.68. The van der Waals surface area contributed by atoms with Crippen LogP contribution in [-0.2, 0) is 12.8 Å². The van der Waals surface area contributed by atoms with E-state index in [1.165, 1.54) is 10.6 Å². The normalized spacial score (nSPS) is 11.7. The lowest BCUT2D eigenvalue weighted by Gasteiger charge is -2.10. The van der Waals surface area contributed by atoms with Crippen LogP contribution < -0.4 is 20.1 Å². The molecule has 0 spiro atoms. The number of rotatable bonds is 10. The molecule has 0 saturated heterocycles. The zero-order chi connectivity index (χ0) is 21.3. The average molecular weight is 430 g/mol. The zero-order valence-electron chi connectivity index (χ0n) is 18.2. The van der Waals surface area contributed by atoms with Gasteiger partial charge in [-0.05, 0) is 32.8 Å². The molecule has 0 bridgehead atoms. The standard InChI is InChI=1S/C22H31N5O2S/c1-5-23-22(25-10-8-21-26-14-15(2)30-21)24-9-6-7-16-11-18-19(27-16)12-17(28-3)13-20(18)29-4/h11-14,27H,5-10H2,1-4H3,(H2,23,24,25). The molecule has 7 nitrogen and oxygen atoms in total. The molecule has 0 aliphatic carbocycles. The molecule has 0 fully saturated rings. The van der Waals surface area contributed by atoms with Crippen LogP contribution in [0.1, 0.15) is 28.9 Å². The van der Waals surface area contributed by atoms with Crippen LogP contribution in [0.5, 0.6) is 11.5 Å². The summed E-state index contributed by atoms with van der Waals surface area (Å²) in [6.45, 7) is 6.57. The van der Waals surface area contributed by atoms with Crippen molar-refractivity contribution < 1.29 is 9.47 Å². The number of benzene rings is 1. The first kappa shape index (κ1) is 22.0. The minimum atomic E-state index is 0.752. The molecule has 8 heteroatoms. The Hall–Kier alpha value is -2.74. The minimum absolute atomic E-state index is 0.752. The lowest BCUT2D eigenvalue weighted by Crippen LogP contribution is -2.38. The van der Waals surface area contributed by atoms with Gasteiger partial charge in [-0.1, -0.05) is 0 Å². The Kier molecular flexibility index (Phi) is 7.96. The van der Waals surface area contributed by atoms with E-state index in [9.17, 15) is 0 Å². The predicted molar refractivity (Wildman–Crippen MR) is 124 cm³/mol. The van der Waals surface area contributed by atoms with E-state index in [2.05, 4.69) is 40.5 Å². The fourth-order valence-electron chi connectivity index (χ4n) is 3.27. The maximum absolute atomic E-state index is 5.50. The van der Waals surface area contributed by atoms with Gasteiger partial charge in [-0.15, -0.1) is 11.3 Å². The van der Waals surface area contributed by atoms with E-state index < -0.39 is 0 Å². The second-order valence-electron chi connectivity index (χ2n) is 6.99. The van der Waals surface area contributed by atoms with E-state index in [4.69, 9.17) is 14.5 Å². The summed E-state index contributed by atoms with van der Waals surface area (Å²) < 4.78 is 10.8. The molecule has 0 unspecified atom stereocenters. The molecule has 2 heterocycles. The molecule has 1 aromatic carbocycles. The Balaban J connectivity index is 1.52. The molecule has 0 saturated carbocycles. The van der Waals surface area contributed by atoms with Crippen LogP contribution in [0.3, 0.4) is 0 Å². The lowest BCUT2D eigenvalue weighted by atomic mass is 10.2. The number of nitrogens with zero attached hydrogens (tertiary/aromatic N) is 2. The maximum Gasteiger partial charge on any atom is 0.191 e. The number of aromatic nitrogens is 2. The highest BCUT2D eigenvalue weighted by Gasteiger charge is 2.09. The van der Waals surface area contributed by atoms with Crippen LogP contribution in [0.15, 0.2) is 29.4 Å². The van der Waals surface area contributed by atoms with Crippen molar-refractivity contribution in [1.29, 1.82) is 0 Å². The first-order valence-corrected chi connectivity index (χ1v) is 11.1. The topological polar surface area (TPSA) is 83.6 Å². The number of aryl methyl sites for hydroxylation is 2. The van der Waals surface area contributed by atoms with Crippen molar-refractivity contribution >= 4 is 28.2 Å². The SMILES string of the molecule is CCNC(=NCCCc1cc2c(OC)cc(OC)cc2[nH]1)NCCc1ncc(C)s1. The third kappa shape index (κ3) is 5.89. The number of nitrogens with one attached hydrogen (secondary N) is 3. The molecule has 0 atom stereocenters. The Morgan fingerprint density at radius 2 is 2.03 bits per heavy atom. The van der Waals surface area contributed by atoms with Gasteiger partial charge >= 0.3 is 0 Å². The highest BCUT2D eigenvalue weighted by Crippen LogP contribution is 2.31. The fourth-order valence-corrected chi connectivity index (χ4v) is 4.05. The van der Waals surface area contributed by atoms with E-state index in [0.29, 0.717) is 0 Å². The number of hydrogen-bond acceptors (Lipinski definition) is 5. The van der Waals surface area contributed by atoms with Gasteiger partial charge < -0.3 is 25.1 Å². The van der Waals surface area contributed by atoms with Crippen molar-refractivity contribution in [3.8, 4) is 11.5 Å². The van der Waals surface area contributed by atoms with Crippen molar-refractivity contribution in [2.24, 2.45) is 4.99 Å². The molecule has 2 aromatic heterocycles. The summed E-state index contributed by atoms with van der Waals surface area (Å²) in [5, 5.41) is 8.93. The van der Waals surface area contributed by atoms with Gasteiger partial charge in [0.15, 0.2) is 5.96 Å². The van der Waals surface area contributed by atoms with Gasteiger partial charge in [-0.25, -0.2) is 4.98 Å². The number of aliphatic imine (C=N–C) groups is 1.